The van der Waals surface area contributed by atoms with Gasteiger partial charge in [-0.25, -0.2) is 0 Å². The van der Waals surface area contributed by atoms with Crippen LogP contribution < -0.4 is 5.32 Å². The van der Waals surface area contributed by atoms with Gasteiger partial charge in [0.15, 0.2) is 0 Å². The quantitative estimate of drug-likeness (QED) is 0.337. The number of likely N-dealkylation sites (tertiary alicyclic amines) is 1. The van der Waals surface area contributed by atoms with Crippen molar-refractivity contribution in [1.29, 1.82) is 0 Å². The van der Waals surface area contributed by atoms with Crippen molar-refractivity contribution in [3.8, 4) is 0 Å². The van der Waals surface area contributed by atoms with E-state index in [2.05, 4.69) is 10.3 Å². The van der Waals surface area contributed by atoms with Crippen molar-refractivity contribution in [1.82, 2.24) is 25.0 Å². The van der Waals surface area contributed by atoms with E-state index in [0.717, 1.165) is 29.0 Å². The van der Waals surface area contributed by atoms with E-state index in [1.54, 1.807) is 22.2 Å². The summed E-state index contributed by atoms with van der Waals surface area (Å²) in [5.74, 6) is -1.30. The summed E-state index contributed by atoms with van der Waals surface area (Å²) in [4.78, 5) is 80.9. The van der Waals surface area contributed by atoms with E-state index in [1.807, 2.05) is 12.1 Å². The highest BCUT2D eigenvalue weighted by Crippen LogP contribution is 2.59. The van der Waals surface area contributed by atoms with Gasteiger partial charge in [-0.2, -0.15) is 8.78 Å². The lowest BCUT2D eigenvalue weighted by Gasteiger charge is -2.44. The number of thiophene rings is 1. The molecule has 0 unspecified atom stereocenters. The average molecular weight is 676 g/mol. The van der Waals surface area contributed by atoms with Crippen LogP contribution in [0.3, 0.4) is 0 Å². The summed E-state index contributed by atoms with van der Waals surface area (Å²) in [5.41, 5.74) is -4.26. The molecule has 3 aromatic rings. The second-order valence-electron chi connectivity index (χ2n) is 11.9. The second-order valence-corrected chi connectivity index (χ2v) is 14.7. The number of amides is 4. The molecule has 3 fully saturated rings. The van der Waals surface area contributed by atoms with Gasteiger partial charge in [0.05, 0.1) is 10.9 Å². The van der Waals surface area contributed by atoms with E-state index in [4.69, 9.17) is 9.79 Å². The average Bonchev–Trinajstić information content (AvgIpc) is 3.60. The number of fused-ring (bicyclic) bond motifs is 2. The lowest BCUT2D eigenvalue weighted by atomic mass is 9.92. The molecule has 1 aromatic carbocycles. The predicted octanol–water partition coefficient (Wildman–Crippen LogP) is 2.86. The monoisotopic (exact) mass is 675 g/mol. The number of hydrogen-bond acceptors (Lipinski definition) is 7. The van der Waals surface area contributed by atoms with Gasteiger partial charge in [0.2, 0.25) is 17.7 Å². The molecule has 0 bridgehead atoms. The third-order valence-corrected chi connectivity index (χ3v) is 11.1. The van der Waals surface area contributed by atoms with Gasteiger partial charge < -0.3 is 29.8 Å². The summed E-state index contributed by atoms with van der Waals surface area (Å²) in [6.07, 6.45) is 4.50. The van der Waals surface area contributed by atoms with Crippen LogP contribution in [0.4, 0.5) is 8.78 Å². The summed E-state index contributed by atoms with van der Waals surface area (Å²) in [6, 6.07) is 5.99. The normalized spacial score (nSPS) is 22.7. The van der Waals surface area contributed by atoms with Crippen LogP contribution in [0.2, 0.25) is 0 Å². The Balaban J connectivity index is 1.21. The van der Waals surface area contributed by atoms with Gasteiger partial charge in [-0.05, 0) is 54.5 Å². The fraction of sp³-hybridized carbons (Fsp3) is 0.433. The molecule has 12 nitrogen and oxygen atoms in total. The summed E-state index contributed by atoms with van der Waals surface area (Å²) < 4.78 is 40.4. The molecular formula is C30H32F2N5O7PS. The first-order chi connectivity index (χ1) is 21.7. The highest BCUT2D eigenvalue weighted by Gasteiger charge is 2.51. The summed E-state index contributed by atoms with van der Waals surface area (Å²) in [5, 5.41) is 2.92. The van der Waals surface area contributed by atoms with E-state index in [-0.39, 0.29) is 47.5 Å². The molecule has 3 saturated heterocycles. The smallest absolute Gasteiger partial charge is 0.341 e. The molecule has 4 amide bonds. The Kier molecular flexibility index (Phi) is 8.47. The van der Waals surface area contributed by atoms with Gasteiger partial charge in [-0.15, -0.1) is 11.3 Å². The number of pyridine rings is 1. The van der Waals surface area contributed by atoms with Crippen molar-refractivity contribution in [2.45, 2.75) is 55.9 Å². The van der Waals surface area contributed by atoms with Crippen LogP contribution >= 0.6 is 18.9 Å². The van der Waals surface area contributed by atoms with Crippen LogP contribution in [-0.4, -0.2) is 97.4 Å². The first kappa shape index (κ1) is 32.2. The van der Waals surface area contributed by atoms with Crippen molar-refractivity contribution in [3.63, 3.8) is 0 Å². The molecule has 3 atom stereocenters. The fourth-order valence-electron chi connectivity index (χ4n) is 6.43. The zero-order chi connectivity index (χ0) is 33.0. The molecule has 3 aliphatic heterocycles. The molecule has 0 saturated carbocycles. The predicted molar refractivity (Wildman–Crippen MR) is 163 cm³/mol. The first-order valence-electron chi connectivity index (χ1n) is 14.8. The summed E-state index contributed by atoms with van der Waals surface area (Å²) in [6.45, 7) is 2.92. The molecule has 46 heavy (non-hydrogen) atoms. The largest absolute Gasteiger partial charge is 0.399 e. The third kappa shape index (κ3) is 5.92. The number of hydrogen-bond donors (Lipinski definition) is 3. The zero-order valence-corrected chi connectivity index (χ0v) is 26.4. The topological polar surface area (TPSA) is 160 Å². The van der Waals surface area contributed by atoms with Crippen molar-refractivity contribution >= 4 is 52.6 Å². The lowest BCUT2D eigenvalue weighted by Crippen LogP contribution is -2.62. The Morgan fingerprint density at radius 2 is 1.83 bits per heavy atom. The van der Waals surface area contributed by atoms with Crippen LogP contribution in [0, 0.1) is 0 Å². The molecule has 16 heteroatoms. The van der Waals surface area contributed by atoms with Crippen LogP contribution in [0.1, 0.15) is 52.9 Å². The standard InChI is InChI=1S/C30H32F2N5O7PS/c1-17(38)35-10-8-23(34-27(39)26-12-19-11-21(4-7-25(19)46-26)30(31,32)45(42,43)44)28(40)37-22(16-35)5-6-24(37)29(41)36-14-20(15-36)18-3-2-9-33-13-18/h2-4,7,9,11-13,20,22-24H,5-6,8,10,14-16H2,1H3,(H,34,39)(H2,42,43,44)/t22-,23+,24+/m1/s1. The number of aromatic nitrogens is 1. The number of nitrogens with zero attached hydrogens (tertiary/aromatic N) is 4. The number of carbonyl (C=O) groups is 4. The lowest BCUT2D eigenvalue weighted by molar-refractivity contribution is -0.151. The van der Waals surface area contributed by atoms with Gasteiger partial charge in [-0.1, -0.05) is 12.1 Å². The Morgan fingerprint density at radius 1 is 1.07 bits per heavy atom. The number of halogens is 2. The zero-order valence-electron chi connectivity index (χ0n) is 24.7. The third-order valence-electron chi connectivity index (χ3n) is 9.01. The van der Waals surface area contributed by atoms with Gasteiger partial charge >= 0.3 is 13.3 Å². The van der Waals surface area contributed by atoms with Crippen molar-refractivity contribution in [3.05, 3.63) is 64.8 Å². The van der Waals surface area contributed by atoms with Gasteiger partial charge in [0.1, 0.15) is 12.1 Å². The maximum atomic E-state index is 14.3. The van der Waals surface area contributed by atoms with Gasteiger partial charge in [-0.3, -0.25) is 28.7 Å². The molecule has 0 spiro atoms. The Bertz CT molecular complexity index is 1750. The van der Waals surface area contributed by atoms with Gasteiger partial charge in [0.25, 0.3) is 5.91 Å². The fourth-order valence-corrected chi connectivity index (χ4v) is 7.85. The first-order valence-corrected chi connectivity index (χ1v) is 17.2. The van der Waals surface area contributed by atoms with Crippen molar-refractivity contribution in [2.75, 3.05) is 26.2 Å². The molecule has 3 aliphatic rings. The Morgan fingerprint density at radius 3 is 2.50 bits per heavy atom. The van der Waals surface area contributed by atoms with E-state index in [1.165, 1.54) is 24.0 Å². The Labute approximate surface area is 266 Å². The van der Waals surface area contributed by atoms with Crippen LogP contribution in [0.15, 0.2) is 48.8 Å². The minimum atomic E-state index is -5.78. The second kappa shape index (κ2) is 12.1. The van der Waals surface area contributed by atoms with E-state index >= 15 is 0 Å². The number of carbonyl (C=O) groups excluding carboxylic acids is 4. The minimum Gasteiger partial charge on any atom is -0.341 e. The highest BCUT2D eigenvalue weighted by atomic mass is 32.1. The highest BCUT2D eigenvalue weighted by molar-refractivity contribution is 7.52. The summed E-state index contributed by atoms with van der Waals surface area (Å²) >= 11 is 0.969. The van der Waals surface area contributed by atoms with Crippen LogP contribution in [0.25, 0.3) is 10.1 Å². The van der Waals surface area contributed by atoms with Crippen LogP contribution in [-0.2, 0) is 24.6 Å². The number of alkyl halides is 2. The maximum Gasteiger partial charge on any atom is 0.399 e. The molecule has 3 N–H and O–H groups in total. The molecular weight excluding hydrogens is 643 g/mol. The van der Waals surface area contributed by atoms with Crippen molar-refractivity contribution in [2.24, 2.45) is 0 Å². The number of rotatable bonds is 6. The molecule has 5 heterocycles. The van der Waals surface area contributed by atoms with E-state index in [9.17, 15) is 32.5 Å². The molecule has 2 aromatic heterocycles. The van der Waals surface area contributed by atoms with E-state index < -0.39 is 48.8 Å². The minimum absolute atomic E-state index is 0.0950. The van der Waals surface area contributed by atoms with Crippen molar-refractivity contribution < 1.29 is 42.3 Å². The van der Waals surface area contributed by atoms with E-state index in [0.29, 0.717) is 30.6 Å². The van der Waals surface area contributed by atoms with Crippen LogP contribution in [0.5, 0.6) is 0 Å². The number of nitrogens with one attached hydrogen (secondary N) is 1. The molecule has 0 aliphatic carbocycles. The maximum absolute atomic E-state index is 14.3. The summed E-state index contributed by atoms with van der Waals surface area (Å²) in [7, 11) is -5.78. The SMILES string of the molecule is CC(=O)N1CC[C@H](NC(=O)c2cc3cc(C(F)(F)P(=O)(O)O)ccc3s2)C(=O)N2[C@H](CC[C@H]2C(=O)N2CC(c3cccnc3)C2)C1. The van der Waals surface area contributed by atoms with Gasteiger partial charge in [0, 0.05) is 61.7 Å². The molecule has 6 rings (SSSR count). The molecule has 0 radical (unpaired) electrons. The Hall–Kier alpha value is -3.78. The number of benzene rings is 1. The molecule has 244 valence electrons.